The van der Waals surface area contributed by atoms with Gasteiger partial charge in [0.2, 0.25) is 0 Å². The van der Waals surface area contributed by atoms with Crippen LogP contribution in [0.3, 0.4) is 0 Å². The molecule has 2 nitrogen and oxygen atoms in total. The van der Waals surface area contributed by atoms with Gasteiger partial charge in [-0.1, -0.05) is 0 Å². The van der Waals surface area contributed by atoms with E-state index in [0.717, 1.165) is 0 Å². The fourth-order valence-corrected chi connectivity index (χ4v) is 1.49. The fraction of sp³-hybridized carbons (Fsp3) is 0.222. The van der Waals surface area contributed by atoms with Gasteiger partial charge < -0.3 is 5.11 Å². The molecule has 0 aliphatic heterocycles. The summed E-state index contributed by atoms with van der Waals surface area (Å²) in [7, 11) is 0. The topological polar surface area (TPSA) is 44.0 Å². The van der Waals surface area contributed by atoms with Crippen molar-refractivity contribution < 1.29 is 9.50 Å². The lowest BCUT2D eigenvalue weighted by Gasteiger charge is -2.07. The summed E-state index contributed by atoms with van der Waals surface area (Å²) in [6.07, 6.45) is 0.00796. The Kier molecular flexibility index (Phi) is 2.89. The molecule has 1 aromatic rings. The van der Waals surface area contributed by atoms with Crippen molar-refractivity contribution in [3.63, 3.8) is 0 Å². The van der Waals surface area contributed by atoms with E-state index < -0.39 is 5.82 Å². The van der Waals surface area contributed by atoms with Gasteiger partial charge in [0.05, 0.1) is 17.0 Å². The largest absolute Gasteiger partial charge is 0.506 e. The van der Waals surface area contributed by atoms with E-state index in [9.17, 15) is 9.50 Å². The van der Waals surface area contributed by atoms with E-state index in [2.05, 4.69) is 15.9 Å². The van der Waals surface area contributed by atoms with Gasteiger partial charge >= 0.3 is 0 Å². The number of nitriles is 1. The Balaban J connectivity index is 3.39. The van der Waals surface area contributed by atoms with Crippen LogP contribution in [0.15, 0.2) is 10.5 Å². The number of nitrogens with zero attached hydrogens (tertiary/aromatic N) is 1. The molecular formula is C9H7BrFNO. The minimum atomic E-state index is -0.421. The normalized spacial score (nSPS) is 9.69. The van der Waals surface area contributed by atoms with Crippen molar-refractivity contribution >= 4 is 15.9 Å². The lowest BCUT2D eigenvalue weighted by molar-refractivity contribution is 0.462. The second-order valence-electron chi connectivity index (χ2n) is 2.63. The maximum absolute atomic E-state index is 13.1. The van der Waals surface area contributed by atoms with E-state index in [1.54, 1.807) is 0 Å². The molecule has 1 aromatic carbocycles. The van der Waals surface area contributed by atoms with Crippen molar-refractivity contribution in [2.75, 3.05) is 0 Å². The molecule has 0 unspecified atom stereocenters. The van der Waals surface area contributed by atoms with Gasteiger partial charge in [0, 0.05) is 5.56 Å². The van der Waals surface area contributed by atoms with E-state index in [1.807, 2.05) is 6.07 Å². The fourth-order valence-electron chi connectivity index (χ4n) is 1.05. The molecule has 0 atom stereocenters. The summed E-state index contributed by atoms with van der Waals surface area (Å²) in [4.78, 5) is 0. The number of phenolic OH excluding ortho intramolecular Hbond substituents is 1. The summed E-state index contributed by atoms with van der Waals surface area (Å²) in [6, 6.07) is 3.06. The maximum atomic E-state index is 13.1. The molecule has 0 radical (unpaired) electrons. The van der Waals surface area contributed by atoms with Crippen LogP contribution < -0.4 is 0 Å². The first-order chi connectivity index (χ1) is 6.07. The molecule has 13 heavy (non-hydrogen) atoms. The van der Waals surface area contributed by atoms with Gasteiger partial charge in [-0.05, 0) is 34.5 Å². The van der Waals surface area contributed by atoms with E-state index in [1.165, 1.54) is 13.0 Å². The number of hydrogen-bond donors (Lipinski definition) is 1. The Morgan fingerprint density at radius 2 is 2.31 bits per heavy atom. The smallest absolute Gasteiger partial charge is 0.134 e. The van der Waals surface area contributed by atoms with Crippen LogP contribution in [0.5, 0.6) is 5.75 Å². The van der Waals surface area contributed by atoms with E-state index in [4.69, 9.17) is 5.26 Å². The molecule has 0 spiro atoms. The second kappa shape index (κ2) is 3.75. The molecule has 0 amide bonds. The standard InChI is InChI=1S/C9H7BrFNO/c1-5-6(2-3-12)9(13)7(10)4-8(5)11/h4,13H,2H2,1H3. The molecule has 0 saturated carbocycles. The molecule has 0 aliphatic carbocycles. The van der Waals surface area contributed by atoms with Gasteiger partial charge in [-0.3, -0.25) is 0 Å². The summed E-state index contributed by atoms with van der Waals surface area (Å²) >= 11 is 3.00. The summed E-state index contributed by atoms with van der Waals surface area (Å²) in [6.45, 7) is 1.54. The zero-order valence-corrected chi connectivity index (χ0v) is 8.52. The maximum Gasteiger partial charge on any atom is 0.134 e. The number of aromatic hydroxyl groups is 1. The summed E-state index contributed by atoms with van der Waals surface area (Å²) < 4.78 is 13.4. The Morgan fingerprint density at radius 1 is 1.69 bits per heavy atom. The van der Waals surface area contributed by atoms with Crippen LogP contribution >= 0.6 is 15.9 Å². The summed E-state index contributed by atoms with van der Waals surface area (Å²) in [5.74, 6) is -0.477. The first-order valence-electron chi connectivity index (χ1n) is 3.61. The molecule has 4 heteroatoms. The predicted octanol–water partition coefficient (Wildman–Crippen LogP) is 2.67. The van der Waals surface area contributed by atoms with Gasteiger partial charge in [-0.15, -0.1) is 0 Å². The minimum absolute atomic E-state index is 0.00796. The lowest BCUT2D eigenvalue weighted by Crippen LogP contribution is -1.93. The quantitative estimate of drug-likeness (QED) is 0.825. The van der Waals surface area contributed by atoms with Crippen LogP contribution in [-0.4, -0.2) is 5.11 Å². The Bertz CT molecular complexity index is 358. The first-order valence-corrected chi connectivity index (χ1v) is 4.40. The van der Waals surface area contributed by atoms with Crippen LogP contribution in [0.2, 0.25) is 0 Å². The Morgan fingerprint density at radius 3 is 2.85 bits per heavy atom. The van der Waals surface area contributed by atoms with Gasteiger partial charge in [0.25, 0.3) is 0 Å². The van der Waals surface area contributed by atoms with Crippen molar-refractivity contribution in [3.8, 4) is 11.8 Å². The highest BCUT2D eigenvalue weighted by Gasteiger charge is 2.12. The summed E-state index contributed by atoms with van der Waals surface area (Å²) in [5.41, 5.74) is 0.664. The SMILES string of the molecule is Cc1c(F)cc(Br)c(O)c1CC#N. The third-order valence-corrected chi connectivity index (χ3v) is 2.44. The minimum Gasteiger partial charge on any atom is -0.506 e. The van der Waals surface area contributed by atoms with Crippen molar-refractivity contribution in [1.82, 2.24) is 0 Å². The van der Waals surface area contributed by atoms with Crippen LogP contribution in [0.1, 0.15) is 11.1 Å². The molecule has 0 fully saturated rings. The molecule has 0 aromatic heterocycles. The molecule has 0 aliphatic rings. The third-order valence-electron chi connectivity index (χ3n) is 1.83. The number of halogens is 2. The summed E-state index contributed by atoms with van der Waals surface area (Å²) in [5, 5.41) is 17.9. The highest BCUT2D eigenvalue weighted by atomic mass is 79.9. The van der Waals surface area contributed by atoms with Gasteiger partial charge in [0.15, 0.2) is 0 Å². The zero-order valence-electron chi connectivity index (χ0n) is 6.93. The van der Waals surface area contributed by atoms with Crippen molar-refractivity contribution in [1.29, 1.82) is 5.26 Å². The molecule has 0 bridgehead atoms. The Hall–Kier alpha value is -1.08. The first kappa shape index (κ1) is 10.0. The highest BCUT2D eigenvalue weighted by Crippen LogP contribution is 2.32. The third kappa shape index (κ3) is 1.81. The molecule has 1 rings (SSSR count). The lowest BCUT2D eigenvalue weighted by atomic mass is 10.0. The van der Waals surface area contributed by atoms with E-state index in [-0.39, 0.29) is 16.6 Å². The number of hydrogen-bond acceptors (Lipinski definition) is 2. The predicted molar refractivity (Wildman–Crippen MR) is 49.8 cm³/mol. The molecule has 0 heterocycles. The van der Waals surface area contributed by atoms with E-state index >= 15 is 0 Å². The van der Waals surface area contributed by atoms with Crippen LogP contribution in [-0.2, 0) is 6.42 Å². The van der Waals surface area contributed by atoms with E-state index in [0.29, 0.717) is 11.1 Å². The number of phenols is 1. The van der Waals surface area contributed by atoms with Gasteiger partial charge in [-0.2, -0.15) is 5.26 Å². The van der Waals surface area contributed by atoms with Crippen molar-refractivity contribution in [2.24, 2.45) is 0 Å². The van der Waals surface area contributed by atoms with Crippen LogP contribution in [0.4, 0.5) is 4.39 Å². The number of benzene rings is 1. The molecule has 0 saturated heterocycles. The average Bonchev–Trinajstić information content (AvgIpc) is 2.09. The van der Waals surface area contributed by atoms with Gasteiger partial charge in [-0.25, -0.2) is 4.39 Å². The van der Waals surface area contributed by atoms with Crippen LogP contribution in [0.25, 0.3) is 0 Å². The molecule has 1 N–H and O–H groups in total. The van der Waals surface area contributed by atoms with Crippen LogP contribution in [0, 0.1) is 24.1 Å². The molecule has 68 valence electrons. The van der Waals surface area contributed by atoms with Crippen molar-refractivity contribution in [2.45, 2.75) is 13.3 Å². The molecular weight excluding hydrogens is 237 g/mol. The monoisotopic (exact) mass is 243 g/mol. The Labute approximate surface area is 83.7 Å². The highest BCUT2D eigenvalue weighted by molar-refractivity contribution is 9.10. The second-order valence-corrected chi connectivity index (χ2v) is 3.48. The number of rotatable bonds is 1. The van der Waals surface area contributed by atoms with Crippen molar-refractivity contribution in [3.05, 3.63) is 27.5 Å². The average molecular weight is 244 g/mol. The zero-order chi connectivity index (χ0) is 10.0. The van der Waals surface area contributed by atoms with Gasteiger partial charge in [0.1, 0.15) is 11.6 Å².